The summed E-state index contributed by atoms with van der Waals surface area (Å²) in [7, 11) is 0. The first kappa shape index (κ1) is 14.6. The summed E-state index contributed by atoms with van der Waals surface area (Å²) in [5.74, 6) is 2.59. The lowest BCUT2D eigenvalue weighted by Crippen LogP contribution is -2.28. The minimum atomic E-state index is -0.155. The third-order valence-corrected chi connectivity index (χ3v) is 4.26. The Labute approximate surface area is 119 Å². The van der Waals surface area contributed by atoms with Crippen LogP contribution >= 0.6 is 11.8 Å². The normalized spacial score (nSPS) is 16.4. The molecule has 1 aromatic heterocycles. The molecule has 19 heavy (non-hydrogen) atoms. The van der Waals surface area contributed by atoms with Gasteiger partial charge in [-0.1, -0.05) is 6.92 Å². The zero-order chi connectivity index (χ0) is 13.5. The van der Waals surface area contributed by atoms with Crippen molar-refractivity contribution in [1.82, 2.24) is 10.3 Å². The fraction of sp³-hybridized carbons (Fsp3) is 0.643. The van der Waals surface area contributed by atoms with Gasteiger partial charge in [0.05, 0.1) is 0 Å². The van der Waals surface area contributed by atoms with E-state index in [4.69, 9.17) is 0 Å². The number of anilines is 1. The van der Waals surface area contributed by atoms with Crippen LogP contribution in [0.1, 0.15) is 25.3 Å². The molecule has 106 valence electrons. The van der Waals surface area contributed by atoms with E-state index in [1.54, 1.807) is 12.3 Å². The highest BCUT2D eigenvalue weighted by atomic mass is 32.2. The van der Waals surface area contributed by atoms with Crippen LogP contribution in [0.15, 0.2) is 12.3 Å². The SMILES string of the molecule is CCCNCc1ccnc(N2CCCSCC2)c1F. The van der Waals surface area contributed by atoms with Crippen molar-refractivity contribution in [2.75, 3.05) is 36.0 Å². The number of hydrogen-bond donors (Lipinski definition) is 1. The first-order chi connectivity index (χ1) is 9.33. The highest BCUT2D eigenvalue weighted by molar-refractivity contribution is 7.99. The van der Waals surface area contributed by atoms with Gasteiger partial charge in [0.2, 0.25) is 0 Å². The molecule has 1 fully saturated rings. The van der Waals surface area contributed by atoms with Crippen molar-refractivity contribution in [2.45, 2.75) is 26.3 Å². The van der Waals surface area contributed by atoms with Crippen LogP contribution in [-0.2, 0) is 6.54 Å². The van der Waals surface area contributed by atoms with Crippen molar-refractivity contribution in [1.29, 1.82) is 0 Å². The summed E-state index contributed by atoms with van der Waals surface area (Å²) in [5.41, 5.74) is 0.718. The van der Waals surface area contributed by atoms with E-state index in [-0.39, 0.29) is 5.82 Å². The molecule has 1 aromatic rings. The van der Waals surface area contributed by atoms with Gasteiger partial charge in [-0.25, -0.2) is 9.37 Å². The quantitative estimate of drug-likeness (QED) is 0.841. The van der Waals surface area contributed by atoms with Gasteiger partial charge >= 0.3 is 0 Å². The maximum atomic E-state index is 14.5. The van der Waals surface area contributed by atoms with Gasteiger partial charge in [-0.3, -0.25) is 0 Å². The van der Waals surface area contributed by atoms with E-state index in [1.165, 1.54) is 0 Å². The van der Waals surface area contributed by atoms with Crippen LogP contribution in [0, 0.1) is 5.82 Å². The first-order valence-corrected chi connectivity index (χ1v) is 8.15. The average Bonchev–Trinajstić information content (AvgIpc) is 2.70. The Morgan fingerprint density at radius 1 is 1.42 bits per heavy atom. The van der Waals surface area contributed by atoms with Gasteiger partial charge in [0.15, 0.2) is 11.6 Å². The molecular weight excluding hydrogens is 261 g/mol. The van der Waals surface area contributed by atoms with Gasteiger partial charge in [-0.05, 0) is 31.2 Å². The zero-order valence-corrected chi connectivity index (χ0v) is 12.3. The molecule has 0 unspecified atom stereocenters. The zero-order valence-electron chi connectivity index (χ0n) is 11.5. The van der Waals surface area contributed by atoms with Gasteiger partial charge in [-0.2, -0.15) is 11.8 Å². The van der Waals surface area contributed by atoms with Crippen LogP contribution in [0.4, 0.5) is 10.2 Å². The van der Waals surface area contributed by atoms with Crippen molar-refractivity contribution < 1.29 is 4.39 Å². The molecule has 0 amide bonds. The Balaban J connectivity index is 2.09. The molecule has 0 bridgehead atoms. The van der Waals surface area contributed by atoms with Gasteiger partial charge in [0.25, 0.3) is 0 Å². The molecule has 1 aliphatic rings. The van der Waals surface area contributed by atoms with Gasteiger partial charge in [0.1, 0.15) is 0 Å². The van der Waals surface area contributed by atoms with E-state index in [0.717, 1.165) is 49.5 Å². The number of hydrogen-bond acceptors (Lipinski definition) is 4. The Morgan fingerprint density at radius 3 is 3.16 bits per heavy atom. The summed E-state index contributed by atoms with van der Waals surface area (Å²) >= 11 is 1.94. The summed E-state index contributed by atoms with van der Waals surface area (Å²) in [6.07, 6.45) is 3.88. The highest BCUT2D eigenvalue weighted by Crippen LogP contribution is 2.22. The van der Waals surface area contributed by atoms with Crippen LogP contribution in [0.25, 0.3) is 0 Å². The van der Waals surface area contributed by atoms with Gasteiger partial charge in [-0.15, -0.1) is 0 Å². The van der Waals surface area contributed by atoms with E-state index < -0.39 is 0 Å². The van der Waals surface area contributed by atoms with Crippen LogP contribution in [0.5, 0.6) is 0 Å². The fourth-order valence-corrected chi connectivity index (χ4v) is 3.07. The fourth-order valence-electron chi connectivity index (χ4n) is 2.19. The Bertz CT molecular complexity index is 392. The predicted octanol–water partition coefficient (Wildman–Crippen LogP) is 2.66. The molecule has 0 aliphatic carbocycles. The monoisotopic (exact) mass is 283 g/mol. The summed E-state index contributed by atoms with van der Waals surface area (Å²) in [4.78, 5) is 6.33. The Kier molecular flexibility index (Phi) is 5.92. The van der Waals surface area contributed by atoms with Gasteiger partial charge in [0, 0.05) is 37.1 Å². The van der Waals surface area contributed by atoms with Crippen molar-refractivity contribution >= 4 is 17.6 Å². The number of thioether (sulfide) groups is 1. The summed E-state index contributed by atoms with van der Waals surface area (Å²) in [6, 6.07) is 1.77. The van der Waals surface area contributed by atoms with E-state index in [0.29, 0.717) is 12.4 Å². The second-order valence-corrected chi connectivity index (χ2v) is 5.96. The van der Waals surface area contributed by atoms with Crippen LogP contribution < -0.4 is 10.2 Å². The molecule has 0 atom stereocenters. The van der Waals surface area contributed by atoms with Crippen molar-refractivity contribution in [3.8, 4) is 0 Å². The van der Waals surface area contributed by atoms with Crippen molar-refractivity contribution in [3.05, 3.63) is 23.6 Å². The number of pyridine rings is 1. The number of halogens is 1. The van der Waals surface area contributed by atoms with E-state index >= 15 is 0 Å². The minimum absolute atomic E-state index is 0.155. The molecule has 2 rings (SSSR count). The smallest absolute Gasteiger partial charge is 0.170 e. The lowest BCUT2D eigenvalue weighted by molar-refractivity contribution is 0.574. The van der Waals surface area contributed by atoms with Crippen molar-refractivity contribution in [2.24, 2.45) is 0 Å². The predicted molar refractivity (Wildman–Crippen MR) is 80.3 cm³/mol. The molecule has 1 aliphatic heterocycles. The summed E-state index contributed by atoms with van der Waals surface area (Å²) in [5, 5.41) is 3.24. The Morgan fingerprint density at radius 2 is 2.32 bits per heavy atom. The van der Waals surface area contributed by atoms with E-state index in [9.17, 15) is 4.39 Å². The molecule has 0 saturated carbocycles. The lowest BCUT2D eigenvalue weighted by atomic mass is 10.2. The molecular formula is C14H22FN3S. The molecule has 0 aromatic carbocycles. The average molecular weight is 283 g/mol. The lowest BCUT2D eigenvalue weighted by Gasteiger charge is -2.22. The second-order valence-electron chi connectivity index (χ2n) is 4.74. The maximum Gasteiger partial charge on any atom is 0.170 e. The molecule has 3 nitrogen and oxygen atoms in total. The summed E-state index contributed by atoms with van der Waals surface area (Å²) < 4.78 is 14.5. The topological polar surface area (TPSA) is 28.2 Å². The molecule has 5 heteroatoms. The van der Waals surface area contributed by atoms with Crippen LogP contribution in [0.2, 0.25) is 0 Å². The second kappa shape index (κ2) is 7.70. The van der Waals surface area contributed by atoms with Gasteiger partial charge < -0.3 is 10.2 Å². The molecule has 1 N–H and O–H groups in total. The highest BCUT2D eigenvalue weighted by Gasteiger charge is 2.17. The largest absolute Gasteiger partial charge is 0.353 e. The molecule has 0 spiro atoms. The molecule has 0 radical (unpaired) electrons. The third-order valence-electron chi connectivity index (χ3n) is 3.21. The van der Waals surface area contributed by atoms with Crippen LogP contribution in [-0.4, -0.2) is 36.1 Å². The van der Waals surface area contributed by atoms with Crippen LogP contribution in [0.3, 0.4) is 0 Å². The van der Waals surface area contributed by atoms with E-state index in [1.807, 2.05) is 11.8 Å². The number of nitrogens with one attached hydrogen (secondary N) is 1. The number of rotatable bonds is 5. The number of nitrogens with zero attached hydrogens (tertiary/aromatic N) is 2. The molecule has 1 saturated heterocycles. The van der Waals surface area contributed by atoms with Crippen molar-refractivity contribution in [3.63, 3.8) is 0 Å². The number of aromatic nitrogens is 1. The first-order valence-electron chi connectivity index (χ1n) is 6.99. The standard InChI is InChI=1S/C14H22FN3S/c1-2-5-16-11-12-4-6-17-14(13(12)15)18-7-3-9-19-10-8-18/h4,6,16H,2-3,5,7-11H2,1H3. The molecule has 2 heterocycles. The minimum Gasteiger partial charge on any atom is -0.353 e. The maximum absolute atomic E-state index is 14.5. The Hall–Kier alpha value is -0.810. The van der Waals surface area contributed by atoms with E-state index in [2.05, 4.69) is 22.1 Å². The summed E-state index contributed by atoms with van der Waals surface area (Å²) in [6.45, 7) is 5.40. The third kappa shape index (κ3) is 4.08.